The fourth-order valence-corrected chi connectivity index (χ4v) is 14.0. The van der Waals surface area contributed by atoms with Gasteiger partial charge >= 0.3 is 0 Å². The molecule has 0 fully saturated rings. The molecule has 0 aliphatic carbocycles. The van der Waals surface area contributed by atoms with Crippen LogP contribution in [0.25, 0.3) is 0 Å². The lowest BCUT2D eigenvalue weighted by Crippen LogP contribution is -2.35. The normalized spacial score (nSPS) is 13.8. The molecule has 1 nitrogen and oxygen atoms in total. The fraction of sp³-hybridized carbons (Fsp3) is 1.00. The van der Waals surface area contributed by atoms with Crippen molar-refractivity contribution in [3.8, 4) is 0 Å². The van der Waals surface area contributed by atoms with E-state index in [1.807, 2.05) is 0 Å². The third-order valence-electron chi connectivity index (χ3n) is 1.43. The Labute approximate surface area is 69.9 Å². The molecule has 0 aromatic heterocycles. The van der Waals surface area contributed by atoms with Crippen LogP contribution < -0.4 is 0 Å². The van der Waals surface area contributed by atoms with Crippen LogP contribution >= 0.6 is 0 Å². The summed E-state index contributed by atoms with van der Waals surface area (Å²) in [6.45, 7) is 11.8. The molecular weight excluding hydrogens is 172 g/mol. The van der Waals surface area contributed by atoms with Crippen molar-refractivity contribution in [1.29, 1.82) is 0 Å². The van der Waals surface area contributed by atoms with Crippen molar-refractivity contribution in [2.24, 2.45) is 0 Å². The summed E-state index contributed by atoms with van der Waals surface area (Å²) in [4.78, 5) is 0. The van der Waals surface area contributed by atoms with Gasteiger partial charge in [-0.3, -0.25) is 0 Å². The van der Waals surface area contributed by atoms with Crippen LogP contribution in [0.4, 0.5) is 0 Å². The molecular formula is C6H20OSi3. The topological polar surface area (TPSA) is 9.23 Å². The number of hydrogen-bond donors (Lipinski definition) is 0. The summed E-state index contributed by atoms with van der Waals surface area (Å²) in [6.07, 6.45) is 0. The Morgan fingerprint density at radius 3 is 2.20 bits per heavy atom. The summed E-state index contributed by atoms with van der Waals surface area (Å²) in [5.74, 6) is 0. The van der Waals surface area contributed by atoms with E-state index in [9.17, 15) is 0 Å². The predicted molar refractivity (Wildman–Crippen MR) is 56.7 cm³/mol. The molecule has 4 heteroatoms. The first kappa shape index (κ1) is 10.6. The van der Waals surface area contributed by atoms with Gasteiger partial charge in [-0.05, 0) is 18.8 Å². The predicted octanol–water partition coefficient (Wildman–Crippen LogP) is 1.37. The highest BCUT2D eigenvalue weighted by Gasteiger charge is 2.22. The molecule has 0 atom stereocenters. The first-order valence-electron chi connectivity index (χ1n) is 4.12. The molecule has 0 amide bonds. The first-order valence-corrected chi connectivity index (χ1v) is 12.3. The van der Waals surface area contributed by atoms with Gasteiger partial charge in [-0.2, -0.15) is 0 Å². The van der Waals surface area contributed by atoms with Gasteiger partial charge in [0.1, 0.15) is 9.76 Å². The highest BCUT2D eigenvalue weighted by atomic mass is 28.4. The first-order chi connectivity index (χ1) is 4.48. The highest BCUT2D eigenvalue weighted by molar-refractivity contribution is 6.85. The van der Waals surface area contributed by atoms with E-state index < -0.39 is 8.32 Å². The molecule has 10 heavy (non-hydrogen) atoms. The van der Waals surface area contributed by atoms with E-state index in [0.717, 1.165) is 0 Å². The van der Waals surface area contributed by atoms with E-state index in [1.54, 1.807) is 0 Å². The maximum atomic E-state index is 5.85. The summed E-state index contributed by atoms with van der Waals surface area (Å²) >= 11 is 0. The van der Waals surface area contributed by atoms with Gasteiger partial charge in [-0.1, -0.05) is 19.6 Å². The Bertz CT molecular complexity index is 93.0. The van der Waals surface area contributed by atoms with Gasteiger partial charge in [0.25, 0.3) is 0 Å². The van der Waals surface area contributed by atoms with E-state index in [4.69, 9.17) is 4.12 Å². The molecule has 0 radical (unpaired) electrons. The second-order valence-corrected chi connectivity index (χ2v) is 13.5. The number of hydrogen-bond acceptors (Lipinski definition) is 1. The van der Waals surface area contributed by atoms with Crippen molar-refractivity contribution >= 4 is 26.9 Å². The molecule has 0 unspecified atom stereocenters. The van der Waals surface area contributed by atoms with Crippen molar-refractivity contribution in [2.75, 3.05) is 0 Å². The monoisotopic (exact) mass is 192 g/mol. The zero-order valence-corrected chi connectivity index (χ0v) is 11.5. The van der Waals surface area contributed by atoms with Gasteiger partial charge in [0.05, 0.1) is 0 Å². The van der Waals surface area contributed by atoms with E-state index in [-0.39, 0.29) is 18.6 Å². The third-order valence-corrected chi connectivity index (χ3v) is 12.9. The summed E-state index contributed by atoms with van der Waals surface area (Å²) in [5, 5.41) is 0. The van der Waals surface area contributed by atoms with Gasteiger partial charge in [-0.25, -0.2) is 0 Å². The molecule has 62 valence electrons. The Balaban J connectivity index is 3.63. The van der Waals surface area contributed by atoms with Crippen molar-refractivity contribution < 1.29 is 4.12 Å². The molecule has 0 rings (SSSR count). The lowest BCUT2D eigenvalue weighted by molar-refractivity contribution is 0.599. The van der Waals surface area contributed by atoms with E-state index >= 15 is 0 Å². The van der Waals surface area contributed by atoms with Gasteiger partial charge < -0.3 is 4.12 Å². The maximum absolute atomic E-state index is 5.85. The SMILES string of the molecule is C[SiH2]O[Si](C)(C)C[SiH](C)C. The van der Waals surface area contributed by atoms with Gasteiger partial charge in [0, 0.05) is 8.80 Å². The minimum atomic E-state index is -1.14. The van der Waals surface area contributed by atoms with Crippen LogP contribution in [0.1, 0.15) is 0 Å². The van der Waals surface area contributed by atoms with Crippen molar-refractivity contribution in [3.63, 3.8) is 0 Å². The van der Waals surface area contributed by atoms with E-state index in [0.29, 0.717) is 0 Å². The summed E-state index contributed by atoms with van der Waals surface area (Å²) in [5.41, 5.74) is 1.45. The van der Waals surface area contributed by atoms with Gasteiger partial charge in [0.15, 0.2) is 8.32 Å². The fourth-order valence-electron chi connectivity index (χ4n) is 1.43. The Hall–Kier alpha value is 0.611. The molecule has 0 heterocycles. The van der Waals surface area contributed by atoms with Crippen molar-refractivity contribution in [3.05, 3.63) is 0 Å². The Kier molecular flexibility index (Phi) is 4.75. The zero-order chi connectivity index (χ0) is 8.20. The minimum Gasteiger partial charge on any atom is -0.461 e. The molecule has 0 aliphatic rings. The molecule has 0 aromatic rings. The molecule has 0 spiro atoms. The van der Waals surface area contributed by atoms with Crippen LogP contribution in [0, 0.1) is 0 Å². The summed E-state index contributed by atoms with van der Waals surface area (Å²) < 4.78 is 5.85. The molecule has 0 saturated carbocycles. The number of rotatable bonds is 4. The quantitative estimate of drug-likeness (QED) is 0.611. The second-order valence-electron chi connectivity index (χ2n) is 3.79. The van der Waals surface area contributed by atoms with Crippen LogP contribution in [0.2, 0.25) is 38.4 Å². The summed E-state index contributed by atoms with van der Waals surface area (Å²) in [6, 6.07) is 0. The minimum absolute atomic E-state index is 0.149. The smallest absolute Gasteiger partial charge is 0.170 e. The van der Waals surface area contributed by atoms with Gasteiger partial charge in [0.2, 0.25) is 0 Å². The second kappa shape index (κ2) is 4.48. The lowest BCUT2D eigenvalue weighted by Gasteiger charge is -2.23. The zero-order valence-electron chi connectivity index (χ0n) is 7.90. The Morgan fingerprint density at radius 2 is 1.90 bits per heavy atom. The Morgan fingerprint density at radius 1 is 1.40 bits per heavy atom. The van der Waals surface area contributed by atoms with Crippen LogP contribution in [0.3, 0.4) is 0 Å². The summed E-state index contributed by atoms with van der Waals surface area (Å²) in [7, 11) is -1.66. The maximum Gasteiger partial charge on any atom is 0.170 e. The molecule has 0 N–H and O–H groups in total. The van der Waals surface area contributed by atoms with Crippen LogP contribution in [-0.2, 0) is 4.12 Å². The lowest BCUT2D eigenvalue weighted by atomic mass is 11.8. The standard InChI is InChI=1S/C6H20OSi3/c1-8-7-10(4,5)6-9(2)3/h9H,6,8H2,1-5H3. The third kappa shape index (κ3) is 5.40. The van der Waals surface area contributed by atoms with Gasteiger partial charge in [-0.15, -0.1) is 0 Å². The van der Waals surface area contributed by atoms with Crippen molar-refractivity contribution in [1.82, 2.24) is 0 Å². The highest BCUT2D eigenvalue weighted by Crippen LogP contribution is 2.11. The van der Waals surface area contributed by atoms with E-state index in [1.165, 1.54) is 5.67 Å². The molecule has 0 saturated heterocycles. The largest absolute Gasteiger partial charge is 0.461 e. The molecule has 0 aromatic carbocycles. The average Bonchev–Trinajstić information content (AvgIpc) is 1.59. The van der Waals surface area contributed by atoms with E-state index in [2.05, 4.69) is 32.7 Å². The van der Waals surface area contributed by atoms with Crippen LogP contribution in [0.5, 0.6) is 0 Å². The van der Waals surface area contributed by atoms with Crippen LogP contribution in [0.15, 0.2) is 0 Å². The average molecular weight is 192 g/mol. The van der Waals surface area contributed by atoms with Crippen LogP contribution in [-0.4, -0.2) is 26.9 Å². The molecule has 0 aliphatic heterocycles. The molecule has 0 bridgehead atoms. The van der Waals surface area contributed by atoms with Crippen molar-refractivity contribution in [2.45, 2.75) is 38.4 Å².